The van der Waals surface area contributed by atoms with Crippen LogP contribution in [0.5, 0.6) is 0 Å². The van der Waals surface area contributed by atoms with Crippen molar-refractivity contribution in [2.45, 2.75) is 38.3 Å². The van der Waals surface area contributed by atoms with Crippen LogP contribution in [0.4, 0.5) is 4.39 Å². The fourth-order valence-corrected chi connectivity index (χ4v) is 4.35. The monoisotopic (exact) mass is 389 g/mol. The van der Waals surface area contributed by atoms with Gasteiger partial charge in [-0.25, -0.2) is 12.8 Å². The van der Waals surface area contributed by atoms with Gasteiger partial charge in [-0.15, -0.1) is 0 Å². The van der Waals surface area contributed by atoms with Gasteiger partial charge >= 0.3 is 0 Å². The van der Waals surface area contributed by atoms with E-state index in [0.717, 1.165) is 24.0 Å². The van der Waals surface area contributed by atoms with E-state index in [2.05, 4.69) is 0 Å². The molecule has 1 fully saturated rings. The third-order valence-electron chi connectivity index (χ3n) is 4.68. The Morgan fingerprint density at radius 3 is 2.30 bits per heavy atom. The van der Waals surface area contributed by atoms with Crippen LogP contribution in [0.15, 0.2) is 54.6 Å². The standard InChI is InChI=1S/C21H24FNO3S/c22-19-10-8-18(9-11-19)15-23(20-12-13-20)21(24)16-27(25,26)14-4-7-17-5-2-1-3-6-17/h1-3,5-6,8-11,20H,4,7,12-16H2. The summed E-state index contributed by atoms with van der Waals surface area (Å²) in [4.78, 5) is 14.2. The molecule has 0 aromatic heterocycles. The molecule has 1 amide bonds. The number of hydrogen-bond acceptors (Lipinski definition) is 3. The number of carbonyl (C=O) groups is 1. The molecule has 27 heavy (non-hydrogen) atoms. The largest absolute Gasteiger partial charge is 0.335 e. The molecule has 0 spiro atoms. The number of benzene rings is 2. The van der Waals surface area contributed by atoms with Crippen molar-refractivity contribution in [2.75, 3.05) is 11.5 Å². The van der Waals surface area contributed by atoms with Crippen molar-refractivity contribution in [3.05, 3.63) is 71.5 Å². The summed E-state index contributed by atoms with van der Waals surface area (Å²) in [5, 5.41) is 0. The Morgan fingerprint density at radius 2 is 1.67 bits per heavy atom. The lowest BCUT2D eigenvalue weighted by Gasteiger charge is -2.22. The normalized spacial score (nSPS) is 14.1. The summed E-state index contributed by atoms with van der Waals surface area (Å²) in [6, 6.07) is 15.8. The van der Waals surface area contributed by atoms with Crippen molar-refractivity contribution in [2.24, 2.45) is 0 Å². The van der Waals surface area contributed by atoms with E-state index in [0.29, 0.717) is 19.4 Å². The van der Waals surface area contributed by atoms with Crippen molar-refractivity contribution in [1.82, 2.24) is 4.90 Å². The zero-order valence-corrected chi connectivity index (χ0v) is 16.0. The van der Waals surface area contributed by atoms with E-state index in [1.54, 1.807) is 17.0 Å². The molecule has 4 nitrogen and oxygen atoms in total. The van der Waals surface area contributed by atoms with E-state index in [1.807, 2.05) is 30.3 Å². The maximum Gasteiger partial charge on any atom is 0.238 e. The van der Waals surface area contributed by atoms with Gasteiger partial charge in [0, 0.05) is 12.6 Å². The van der Waals surface area contributed by atoms with Crippen molar-refractivity contribution < 1.29 is 17.6 Å². The van der Waals surface area contributed by atoms with E-state index in [9.17, 15) is 17.6 Å². The molecule has 0 radical (unpaired) electrons. The Balaban J connectivity index is 1.55. The Kier molecular flexibility index (Phi) is 6.26. The first kappa shape index (κ1) is 19.5. The van der Waals surface area contributed by atoms with E-state index < -0.39 is 15.6 Å². The third kappa shape index (κ3) is 6.17. The summed E-state index contributed by atoms with van der Waals surface area (Å²) in [7, 11) is -3.45. The zero-order valence-electron chi connectivity index (χ0n) is 15.2. The molecule has 3 rings (SSSR count). The Hall–Kier alpha value is -2.21. The van der Waals surface area contributed by atoms with Gasteiger partial charge in [0.25, 0.3) is 0 Å². The van der Waals surface area contributed by atoms with Crippen molar-refractivity contribution in [1.29, 1.82) is 0 Å². The number of hydrogen-bond donors (Lipinski definition) is 0. The molecule has 0 unspecified atom stereocenters. The molecule has 6 heteroatoms. The predicted octanol–water partition coefficient (Wildman–Crippen LogP) is 3.36. The highest BCUT2D eigenvalue weighted by molar-refractivity contribution is 7.92. The van der Waals surface area contributed by atoms with Crippen LogP contribution >= 0.6 is 0 Å². The van der Waals surface area contributed by atoms with Crippen molar-refractivity contribution in [3.8, 4) is 0 Å². The lowest BCUT2D eigenvalue weighted by atomic mass is 10.1. The molecule has 0 saturated heterocycles. The second-order valence-electron chi connectivity index (χ2n) is 7.06. The van der Waals surface area contributed by atoms with Crippen LogP contribution in [0.25, 0.3) is 0 Å². The minimum Gasteiger partial charge on any atom is -0.335 e. The first-order valence-corrected chi connectivity index (χ1v) is 11.0. The van der Waals surface area contributed by atoms with E-state index in [1.165, 1.54) is 12.1 Å². The van der Waals surface area contributed by atoms with Crippen molar-refractivity contribution >= 4 is 15.7 Å². The van der Waals surface area contributed by atoms with Gasteiger partial charge in [-0.1, -0.05) is 42.5 Å². The fraction of sp³-hybridized carbons (Fsp3) is 0.381. The van der Waals surface area contributed by atoms with Gasteiger partial charge in [-0.05, 0) is 48.9 Å². The SMILES string of the molecule is O=C(CS(=O)(=O)CCCc1ccccc1)N(Cc1ccc(F)cc1)C1CC1. The second kappa shape index (κ2) is 8.65. The number of amides is 1. The highest BCUT2D eigenvalue weighted by Gasteiger charge is 2.34. The van der Waals surface area contributed by atoms with Gasteiger partial charge < -0.3 is 4.90 Å². The smallest absolute Gasteiger partial charge is 0.238 e. The molecule has 144 valence electrons. The molecular formula is C21H24FNO3S. The lowest BCUT2D eigenvalue weighted by Crippen LogP contribution is -2.37. The van der Waals surface area contributed by atoms with Crippen LogP contribution in [0.3, 0.4) is 0 Å². The van der Waals surface area contributed by atoms with Crippen LogP contribution in [-0.2, 0) is 27.6 Å². The molecule has 1 aliphatic rings. The quantitative estimate of drug-likeness (QED) is 0.661. The first-order valence-electron chi connectivity index (χ1n) is 9.21. The Labute approximate surface area is 159 Å². The molecular weight excluding hydrogens is 365 g/mol. The van der Waals surface area contributed by atoms with E-state index in [-0.39, 0.29) is 23.5 Å². The summed E-state index contributed by atoms with van der Waals surface area (Å²) in [6.07, 6.45) is 2.96. The lowest BCUT2D eigenvalue weighted by molar-refractivity contribution is -0.129. The average Bonchev–Trinajstić information content (AvgIpc) is 3.46. The molecule has 0 bridgehead atoms. The van der Waals surface area contributed by atoms with E-state index >= 15 is 0 Å². The van der Waals surface area contributed by atoms with Gasteiger partial charge in [0.05, 0.1) is 5.75 Å². The van der Waals surface area contributed by atoms with Crippen molar-refractivity contribution in [3.63, 3.8) is 0 Å². The number of nitrogens with zero attached hydrogens (tertiary/aromatic N) is 1. The maximum atomic E-state index is 13.1. The molecule has 0 atom stereocenters. The second-order valence-corrected chi connectivity index (χ2v) is 9.24. The zero-order chi connectivity index (χ0) is 19.3. The number of aryl methyl sites for hydroxylation is 1. The van der Waals surface area contributed by atoms with Crippen LogP contribution in [-0.4, -0.2) is 36.8 Å². The number of rotatable bonds is 9. The predicted molar refractivity (Wildman–Crippen MR) is 103 cm³/mol. The van der Waals surface area contributed by atoms with Gasteiger partial charge in [0.15, 0.2) is 9.84 Å². The Bertz CT molecular complexity index is 862. The molecule has 0 aliphatic heterocycles. The molecule has 1 aliphatic carbocycles. The summed E-state index contributed by atoms with van der Waals surface area (Å²) < 4.78 is 37.8. The molecule has 0 heterocycles. The summed E-state index contributed by atoms with van der Waals surface area (Å²) in [5.41, 5.74) is 1.90. The minimum atomic E-state index is -3.45. The maximum absolute atomic E-state index is 13.1. The van der Waals surface area contributed by atoms with Gasteiger partial charge in [-0.3, -0.25) is 4.79 Å². The average molecular weight is 389 g/mol. The molecule has 1 saturated carbocycles. The van der Waals surface area contributed by atoms with Crippen LogP contribution in [0.1, 0.15) is 30.4 Å². The summed E-state index contributed by atoms with van der Waals surface area (Å²) in [6.45, 7) is 0.323. The van der Waals surface area contributed by atoms with Gasteiger partial charge in [-0.2, -0.15) is 0 Å². The Morgan fingerprint density at radius 1 is 1.00 bits per heavy atom. The number of halogens is 1. The third-order valence-corrected chi connectivity index (χ3v) is 6.28. The van der Waals surface area contributed by atoms with Gasteiger partial charge in [0.2, 0.25) is 5.91 Å². The first-order chi connectivity index (χ1) is 12.9. The highest BCUT2D eigenvalue weighted by atomic mass is 32.2. The van der Waals surface area contributed by atoms with Crippen LogP contribution in [0, 0.1) is 5.82 Å². The molecule has 2 aromatic carbocycles. The van der Waals surface area contributed by atoms with Crippen LogP contribution < -0.4 is 0 Å². The number of carbonyl (C=O) groups excluding carboxylic acids is 1. The van der Waals surface area contributed by atoms with Gasteiger partial charge in [0.1, 0.15) is 11.6 Å². The topological polar surface area (TPSA) is 54.5 Å². The summed E-state index contributed by atoms with van der Waals surface area (Å²) >= 11 is 0. The van der Waals surface area contributed by atoms with E-state index in [4.69, 9.17) is 0 Å². The highest BCUT2D eigenvalue weighted by Crippen LogP contribution is 2.28. The number of sulfone groups is 1. The molecule has 0 N–H and O–H groups in total. The summed E-state index contributed by atoms with van der Waals surface area (Å²) in [5.74, 6) is -1.15. The fourth-order valence-electron chi connectivity index (χ4n) is 3.08. The van der Waals surface area contributed by atoms with Crippen LogP contribution in [0.2, 0.25) is 0 Å². The minimum absolute atomic E-state index is 0.00267. The molecule has 2 aromatic rings.